The number of ether oxygens (including phenoxy) is 1. The minimum atomic E-state index is -0.113. The van der Waals surface area contributed by atoms with E-state index in [1.807, 2.05) is 50.8 Å². The van der Waals surface area contributed by atoms with Crippen LogP contribution in [0, 0.1) is 6.92 Å². The lowest BCUT2D eigenvalue weighted by Crippen LogP contribution is -2.48. The Morgan fingerprint density at radius 2 is 1.94 bits per heavy atom. The first-order chi connectivity index (χ1) is 14.9. The van der Waals surface area contributed by atoms with E-state index in [4.69, 9.17) is 4.74 Å². The highest BCUT2D eigenvalue weighted by Crippen LogP contribution is 2.26. The number of amides is 3. The van der Waals surface area contributed by atoms with Gasteiger partial charge in [-0.15, -0.1) is 5.10 Å². The van der Waals surface area contributed by atoms with Crippen molar-refractivity contribution < 1.29 is 14.3 Å². The Bertz CT molecular complexity index is 978. The van der Waals surface area contributed by atoms with E-state index in [1.165, 1.54) is 0 Å². The molecular formula is C22H30N6O3. The number of urea groups is 1. The third-order valence-corrected chi connectivity index (χ3v) is 5.89. The molecule has 4 rings (SSSR count). The van der Waals surface area contributed by atoms with E-state index in [2.05, 4.69) is 15.6 Å². The van der Waals surface area contributed by atoms with Gasteiger partial charge in [-0.1, -0.05) is 17.3 Å². The lowest BCUT2D eigenvalue weighted by Gasteiger charge is -2.34. The zero-order valence-electron chi connectivity index (χ0n) is 18.6. The summed E-state index contributed by atoms with van der Waals surface area (Å²) in [5.41, 5.74) is 4.24. The predicted molar refractivity (Wildman–Crippen MR) is 115 cm³/mol. The Labute approximate surface area is 182 Å². The fourth-order valence-electron chi connectivity index (χ4n) is 4.47. The van der Waals surface area contributed by atoms with Crippen LogP contribution in [0.15, 0.2) is 18.2 Å². The van der Waals surface area contributed by atoms with Crippen LogP contribution in [0.2, 0.25) is 0 Å². The molecule has 1 aromatic heterocycles. The highest BCUT2D eigenvalue weighted by atomic mass is 16.5. The van der Waals surface area contributed by atoms with Crippen molar-refractivity contribution in [1.82, 2.24) is 30.1 Å². The number of carbonyl (C=O) groups excluding carboxylic acids is 2. The van der Waals surface area contributed by atoms with E-state index >= 15 is 0 Å². The molecule has 2 atom stereocenters. The molecule has 2 aromatic rings. The SMILES string of the molecule is CCNC(=O)N1CCc2c(cccc2-n2nnc(C(=O)N3CC(C)OC(C)C3)c2C)C1. The second kappa shape index (κ2) is 8.66. The molecule has 1 aromatic carbocycles. The number of nitrogens with one attached hydrogen (secondary N) is 1. The van der Waals surface area contributed by atoms with Crippen LogP contribution >= 0.6 is 0 Å². The maximum atomic E-state index is 13.1. The van der Waals surface area contributed by atoms with Gasteiger partial charge in [-0.25, -0.2) is 9.48 Å². The van der Waals surface area contributed by atoms with Gasteiger partial charge in [0.15, 0.2) is 5.69 Å². The molecule has 9 nitrogen and oxygen atoms in total. The lowest BCUT2D eigenvalue weighted by molar-refractivity contribution is -0.0587. The molecule has 3 heterocycles. The van der Waals surface area contributed by atoms with E-state index in [0.717, 1.165) is 28.9 Å². The molecule has 9 heteroatoms. The summed E-state index contributed by atoms with van der Waals surface area (Å²) in [6.45, 7) is 10.6. The van der Waals surface area contributed by atoms with Gasteiger partial charge in [-0.3, -0.25) is 4.79 Å². The number of hydrogen-bond acceptors (Lipinski definition) is 5. The van der Waals surface area contributed by atoms with Gasteiger partial charge in [0.25, 0.3) is 5.91 Å². The van der Waals surface area contributed by atoms with Crippen molar-refractivity contribution in [3.63, 3.8) is 0 Å². The van der Waals surface area contributed by atoms with Crippen LogP contribution < -0.4 is 5.32 Å². The summed E-state index contributed by atoms with van der Waals surface area (Å²) < 4.78 is 7.49. The number of benzene rings is 1. The first-order valence-corrected chi connectivity index (χ1v) is 10.9. The summed E-state index contributed by atoms with van der Waals surface area (Å²) in [5.74, 6) is -0.113. The van der Waals surface area contributed by atoms with Crippen molar-refractivity contribution in [1.29, 1.82) is 0 Å². The number of morpholine rings is 1. The maximum Gasteiger partial charge on any atom is 0.317 e. The van der Waals surface area contributed by atoms with E-state index in [-0.39, 0.29) is 24.1 Å². The molecular weight excluding hydrogens is 396 g/mol. The number of carbonyl (C=O) groups is 2. The smallest absolute Gasteiger partial charge is 0.317 e. The van der Waals surface area contributed by atoms with Crippen LogP contribution in [0.1, 0.15) is 48.1 Å². The van der Waals surface area contributed by atoms with E-state index in [1.54, 1.807) is 9.58 Å². The van der Waals surface area contributed by atoms with E-state index in [9.17, 15) is 9.59 Å². The summed E-state index contributed by atoms with van der Waals surface area (Å²) >= 11 is 0. The minimum absolute atomic E-state index is 0.00273. The molecule has 0 aliphatic carbocycles. The zero-order chi connectivity index (χ0) is 22.1. The fraction of sp³-hybridized carbons (Fsp3) is 0.545. The first kappa shape index (κ1) is 21.3. The van der Waals surface area contributed by atoms with Gasteiger partial charge in [0.05, 0.1) is 23.6 Å². The van der Waals surface area contributed by atoms with Crippen LogP contribution in [0.25, 0.3) is 5.69 Å². The van der Waals surface area contributed by atoms with Crippen LogP contribution in [-0.4, -0.2) is 75.1 Å². The maximum absolute atomic E-state index is 13.1. The van der Waals surface area contributed by atoms with Crippen molar-refractivity contribution in [2.45, 2.75) is 52.9 Å². The van der Waals surface area contributed by atoms with Gasteiger partial charge >= 0.3 is 6.03 Å². The third-order valence-electron chi connectivity index (χ3n) is 5.89. The number of rotatable bonds is 3. The normalized spacial score (nSPS) is 21.0. The van der Waals surface area contributed by atoms with Gasteiger partial charge in [0.1, 0.15) is 0 Å². The van der Waals surface area contributed by atoms with Gasteiger partial charge < -0.3 is 19.9 Å². The summed E-state index contributed by atoms with van der Waals surface area (Å²) in [6, 6.07) is 5.95. The highest BCUT2D eigenvalue weighted by molar-refractivity contribution is 5.93. The molecule has 0 bridgehead atoms. The van der Waals surface area contributed by atoms with Crippen molar-refractivity contribution in [3.05, 3.63) is 40.7 Å². The van der Waals surface area contributed by atoms with Crippen molar-refractivity contribution in [3.8, 4) is 5.69 Å². The molecule has 1 fully saturated rings. The highest BCUT2D eigenvalue weighted by Gasteiger charge is 2.30. The molecule has 166 valence electrons. The fourth-order valence-corrected chi connectivity index (χ4v) is 4.47. The summed E-state index contributed by atoms with van der Waals surface area (Å²) in [6.07, 6.45) is 0.720. The van der Waals surface area contributed by atoms with E-state index in [0.29, 0.717) is 38.4 Å². The molecule has 1 saturated heterocycles. The minimum Gasteiger partial charge on any atom is -0.372 e. The topological polar surface area (TPSA) is 92.6 Å². The second-order valence-electron chi connectivity index (χ2n) is 8.32. The largest absolute Gasteiger partial charge is 0.372 e. The molecule has 2 aliphatic heterocycles. The standard InChI is InChI=1S/C22H30N6O3/c1-5-23-22(30)26-10-9-18-17(13-26)7-6-8-19(18)28-16(4)20(24-25-28)21(29)27-11-14(2)31-15(3)12-27/h6-8,14-15H,5,9-13H2,1-4H3,(H,23,30). The number of hydrogen-bond donors (Lipinski definition) is 1. The van der Waals surface area contributed by atoms with Crippen molar-refractivity contribution in [2.75, 3.05) is 26.2 Å². The number of aromatic nitrogens is 3. The van der Waals surface area contributed by atoms with Crippen LogP contribution in [0.3, 0.4) is 0 Å². The van der Waals surface area contributed by atoms with E-state index < -0.39 is 0 Å². The number of fused-ring (bicyclic) bond motifs is 1. The summed E-state index contributed by atoms with van der Waals surface area (Å²) in [5, 5.41) is 11.4. The average Bonchev–Trinajstić information content (AvgIpc) is 3.12. The third kappa shape index (κ3) is 4.14. The quantitative estimate of drug-likeness (QED) is 0.809. The molecule has 0 radical (unpaired) electrons. The first-order valence-electron chi connectivity index (χ1n) is 10.9. The van der Waals surface area contributed by atoms with Crippen molar-refractivity contribution >= 4 is 11.9 Å². The summed E-state index contributed by atoms with van der Waals surface area (Å²) in [4.78, 5) is 29.0. The zero-order valence-corrected chi connectivity index (χ0v) is 18.6. The lowest BCUT2D eigenvalue weighted by atomic mass is 9.98. The van der Waals surface area contributed by atoms with Gasteiger partial charge in [-0.05, 0) is 51.3 Å². The Morgan fingerprint density at radius 3 is 2.65 bits per heavy atom. The molecule has 0 spiro atoms. The van der Waals surface area contributed by atoms with Gasteiger partial charge in [0.2, 0.25) is 0 Å². The second-order valence-corrected chi connectivity index (χ2v) is 8.32. The molecule has 31 heavy (non-hydrogen) atoms. The Morgan fingerprint density at radius 1 is 1.19 bits per heavy atom. The molecule has 3 amide bonds. The molecule has 2 unspecified atom stereocenters. The molecule has 2 aliphatic rings. The Hall–Kier alpha value is -2.94. The monoisotopic (exact) mass is 426 g/mol. The van der Waals surface area contributed by atoms with Crippen LogP contribution in [0.5, 0.6) is 0 Å². The number of nitrogens with zero attached hydrogens (tertiary/aromatic N) is 5. The Balaban J connectivity index is 1.60. The summed E-state index contributed by atoms with van der Waals surface area (Å²) in [7, 11) is 0. The average molecular weight is 427 g/mol. The van der Waals surface area contributed by atoms with Gasteiger partial charge in [-0.2, -0.15) is 0 Å². The molecule has 1 N–H and O–H groups in total. The predicted octanol–water partition coefficient (Wildman–Crippen LogP) is 1.91. The van der Waals surface area contributed by atoms with Crippen molar-refractivity contribution in [2.24, 2.45) is 0 Å². The molecule has 0 saturated carbocycles. The van der Waals surface area contributed by atoms with Crippen LogP contribution in [0.4, 0.5) is 4.79 Å². The van der Waals surface area contributed by atoms with Crippen LogP contribution in [-0.2, 0) is 17.7 Å². The Kier molecular flexibility index (Phi) is 5.95. The van der Waals surface area contributed by atoms with Gasteiger partial charge in [0, 0.05) is 32.7 Å².